The number of ether oxygens (including phenoxy) is 1. The van der Waals surface area contributed by atoms with Gasteiger partial charge in [-0.05, 0) is 30.9 Å². The van der Waals surface area contributed by atoms with E-state index in [4.69, 9.17) is 10.5 Å². The van der Waals surface area contributed by atoms with E-state index in [1.54, 1.807) is 0 Å². The van der Waals surface area contributed by atoms with Crippen molar-refractivity contribution in [2.75, 3.05) is 6.61 Å². The highest BCUT2D eigenvalue weighted by Gasteiger charge is 2.23. The van der Waals surface area contributed by atoms with Crippen molar-refractivity contribution in [3.05, 3.63) is 29.3 Å². The van der Waals surface area contributed by atoms with Crippen LogP contribution in [0.1, 0.15) is 25.0 Å². The summed E-state index contributed by atoms with van der Waals surface area (Å²) in [6.07, 6.45) is 2.09. The average molecular weight is 205 g/mol. The first-order chi connectivity index (χ1) is 7.22. The molecule has 0 aliphatic carbocycles. The van der Waals surface area contributed by atoms with Crippen LogP contribution in [0.2, 0.25) is 0 Å². The fourth-order valence-corrected chi connectivity index (χ4v) is 2.13. The Labute approximate surface area is 91.4 Å². The van der Waals surface area contributed by atoms with Crippen LogP contribution in [0.25, 0.3) is 0 Å². The Morgan fingerprint density at radius 2 is 2.33 bits per heavy atom. The molecule has 1 aliphatic rings. The van der Waals surface area contributed by atoms with E-state index in [-0.39, 0.29) is 6.04 Å². The summed E-state index contributed by atoms with van der Waals surface area (Å²) in [7, 11) is 0. The summed E-state index contributed by atoms with van der Waals surface area (Å²) < 4.78 is 5.84. The third-order valence-electron chi connectivity index (χ3n) is 3.23. The average Bonchev–Trinajstić information content (AvgIpc) is 2.27. The van der Waals surface area contributed by atoms with E-state index in [0.29, 0.717) is 5.92 Å². The minimum atomic E-state index is 0.212. The van der Waals surface area contributed by atoms with Crippen molar-refractivity contribution in [3.63, 3.8) is 0 Å². The highest BCUT2D eigenvalue weighted by atomic mass is 16.5. The minimum absolute atomic E-state index is 0.212. The van der Waals surface area contributed by atoms with Gasteiger partial charge in [0.1, 0.15) is 5.75 Å². The summed E-state index contributed by atoms with van der Waals surface area (Å²) in [5.41, 5.74) is 8.55. The Kier molecular flexibility index (Phi) is 2.96. The molecule has 0 fully saturated rings. The lowest BCUT2D eigenvalue weighted by Gasteiger charge is -2.29. The largest absolute Gasteiger partial charge is 0.493 e. The molecule has 1 aromatic carbocycles. The second-order valence-corrected chi connectivity index (χ2v) is 4.39. The number of hydrogen-bond acceptors (Lipinski definition) is 2. The smallest absolute Gasteiger partial charge is 0.125 e. The van der Waals surface area contributed by atoms with E-state index >= 15 is 0 Å². The second-order valence-electron chi connectivity index (χ2n) is 4.39. The molecule has 1 heterocycles. The molecular weight excluding hydrogens is 186 g/mol. The zero-order valence-corrected chi connectivity index (χ0v) is 9.49. The Balaban J connectivity index is 2.27. The maximum absolute atomic E-state index is 5.91. The molecule has 2 N–H and O–H groups in total. The van der Waals surface area contributed by atoms with Gasteiger partial charge in [0.05, 0.1) is 6.61 Å². The molecule has 0 saturated carbocycles. The highest BCUT2D eigenvalue weighted by molar-refractivity contribution is 5.43. The predicted octanol–water partition coefficient (Wildman–Crippen LogP) is 2.15. The Morgan fingerprint density at radius 1 is 1.53 bits per heavy atom. The Morgan fingerprint density at radius 3 is 3.00 bits per heavy atom. The van der Waals surface area contributed by atoms with Crippen LogP contribution in [0.5, 0.6) is 5.75 Å². The third kappa shape index (κ3) is 2.00. The van der Waals surface area contributed by atoms with Crippen LogP contribution in [0, 0.1) is 5.92 Å². The van der Waals surface area contributed by atoms with Crippen LogP contribution in [0.15, 0.2) is 18.2 Å². The van der Waals surface area contributed by atoms with Crippen molar-refractivity contribution in [1.29, 1.82) is 0 Å². The Hall–Kier alpha value is -1.02. The van der Waals surface area contributed by atoms with E-state index < -0.39 is 0 Å². The summed E-state index contributed by atoms with van der Waals surface area (Å²) in [5.74, 6) is 1.57. The molecule has 0 amide bonds. The zero-order chi connectivity index (χ0) is 10.8. The highest BCUT2D eigenvalue weighted by Crippen LogP contribution is 2.31. The van der Waals surface area contributed by atoms with Gasteiger partial charge in [-0.15, -0.1) is 0 Å². The van der Waals surface area contributed by atoms with Gasteiger partial charge in [0.2, 0.25) is 0 Å². The normalized spacial score (nSPS) is 21.7. The fourth-order valence-electron chi connectivity index (χ4n) is 2.13. The first-order valence-electron chi connectivity index (χ1n) is 5.71. The molecule has 1 aliphatic heterocycles. The van der Waals surface area contributed by atoms with Crippen molar-refractivity contribution in [2.45, 2.75) is 32.7 Å². The lowest BCUT2D eigenvalue weighted by molar-refractivity contribution is 0.202. The van der Waals surface area contributed by atoms with E-state index in [2.05, 4.69) is 32.0 Å². The van der Waals surface area contributed by atoms with Crippen LogP contribution in [-0.2, 0) is 12.8 Å². The zero-order valence-electron chi connectivity index (χ0n) is 9.49. The van der Waals surface area contributed by atoms with Crippen LogP contribution in [0.4, 0.5) is 0 Å². The maximum Gasteiger partial charge on any atom is 0.125 e. The molecule has 1 unspecified atom stereocenters. The minimum Gasteiger partial charge on any atom is -0.493 e. The SMILES string of the molecule is CCc1cccc2c1OCC([C@@H](C)N)C2. The number of nitrogens with two attached hydrogens (primary N) is 1. The topological polar surface area (TPSA) is 35.2 Å². The van der Waals surface area contributed by atoms with Gasteiger partial charge in [0.25, 0.3) is 0 Å². The summed E-state index contributed by atoms with van der Waals surface area (Å²) >= 11 is 0. The van der Waals surface area contributed by atoms with Gasteiger partial charge in [-0.3, -0.25) is 0 Å². The van der Waals surface area contributed by atoms with Crippen molar-refractivity contribution in [1.82, 2.24) is 0 Å². The quantitative estimate of drug-likeness (QED) is 0.803. The van der Waals surface area contributed by atoms with Gasteiger partial charge in [-0.25, -0.2) is 0 Å². The van der Waals surface area contributed by atoms with Crippen molar-refractivity contribution in [3.8, 4) is 5.75 Å². The molecule has 82 valence electrons. The molecule has 0 spiro atoms. The van der Waals surface area contributed by atoms with Gasteiger partial charge in [-0.1, -0.05) is 25.1 Å². The molecular formula is C13H19NO. The van der Waals surface area contributed by atoms with E-state index in [1.807, 2.05) is 0 Å². The maximum atomic E-state index is 5.91. The van der Waals surface area contributed by atoms with Crippen molar-refractivity contribution < 1.29 is 4.74 Å². The summed E-state index contributed by atoms with van der Waals surface area (Å²) in [4.78, 5) is 0. The van der Waals surface area contributed by atoms with E-state index in [0.717, 1.165) is 25.2 Å². The standard InChI is InChI=1S/C13H19NO/c1-3-10-5-4-6-11-7-12(9(2)14)8-15-13(10)11/h4-6,9,12H,3,7-8,14H2,1-2H3/t9-,12?/m1/s1. The molecule has 2 atom stereocenters. The van der Waals surface area contributed by atoms with E-state index in [1.165, 1.54) is 11.1 Å². The first-order valence-corrected chi connectivity index (χ1v) is 5.71. The molecule has 0 bridgehead atoms. The Bertz CT molecular complexity index is 346. The number of rotatable bonds is 2. The molecule has 0 radical (unpaired) electrons. The first kappa shape index (κ1) is 10.5. The third-order valence-corrected chi connectivity index (χ3v) is 3.23. The van der Waals surface area contributed by atoms with Gasteiger partial charge >= 0.3 is 0 Å². The van der Waals surface area contributed by atoms with Crippen molar-refractivity contribution >= 4 is 0 Å². The van der Waals surface area contributed by atoms with Gasteiger partial charge in [-0.2, -0.15) is 0 Å². The van der Waals surface area contributed by atoms with Gasteiger partial charge < -0.3 is 10.5 Å². The monoisotopic (exact) mass is 205 g/mol. The summed E-state index contributed by atoms with van der Waals surface area (Å²) in [6, 6.07) is 6.63. The molecule has 2 nitrogen and oxygen atoms in total. The summed E-state index contributed by atoms with van der Waals surface area (Å²) in [6.45, 7) is 4.99. The molecule has 2 heteroatoms. The molecule has 0 saturated heterocycles. The van der Waals surface area contributed by atoms with E-state index in [9.17, 15) is 0 Å². The number of benzene rings is 1. The number of fused-ring (bicyclic) bond motifs is 1. The number of aryl methyl sites for hydroxylation is 1. The van der Waals surface area contributed by atoms with Gasteiger partial charge in [0.15, 0.2) is 0 Å². The summed E-state index contributed by atoms with van der Waals surface area (Å²) in [5, 5.41) is 0. The number of para-hydroxylation sites is 1. The fraction of sp³-hybridized carbons (Fsp3) is 0.538. The van der Waals surface area contributed by atoms with Crippen LogP contribution in [-0.4, -0.2) is 12.6 Å². The lowest BCUT2D eigenvalue weighted by atomic mass is 9.90. The van der Waals surface area contributed by atoms with Crippen molar-refractivity contribution in [2.24, 2.45) is 11.7 Å². The molecule has 1 aromatic rings. The molecule has 2 rings (SSSR count). The van der Waals surface area contributed by atoms with Gasteiger partial charge in [0, 0.05) is 12.0 Å². The van der Waals surface area contributed by atoms with Crippen LogP contribution >= 0.6 is 0 Å². The molecule has 0 aromatic heterocycles. The van der Waals surface area contributed by atoms with Crippen LogP contribution < -0.4 is 10.5 Å². The lowest BCUT2D eigenvalue weighted by Crippen LogP contribution is -2.35. The molecule has 15 heavy (non-hydrogen) atoms. The number of hydrogen-bond donors (Lipinski definition) is 1. The predicted molar refractivity (Wildman–Crippen MR) is 62.2 cm³/mol. The van der Waals surface area contributed by atoms with Crippen LogP contribution in [0.3, 0.4) is 0 Å². The second kappa shape index (κ2) is 4.23.